The van der Waals surface area contributed by atoms with Gasteiger partial charge in [0.2, 0.25) is 5.95 Å². The summed E-state index contributed by atoms with van der Waals surface area (Å²) in [7, 11) is 0. The molecule has 1 aliphatic heterocycles. The van der Waals surface area contributed by atoms with Crippen LogP contribution in [0.4, 0.5) is 22.2 Å². The molecule has 0 saturated heterocycles. The average Bonchev–Trinajstić information content (AvgIpc) is 3.25. The van der Waals surface area contributed by atoms with Crippen LogP contribution < -0.4 is 25.4 Å². The first-order valence-electron chi connectivity index (χ1n) is 11.4. The van der Waals surface area contributed by atoms with Crippen LogP contribution in [0.1, 0.15) is 20.8 Å². The summed E-state index contributed by atoms with van der Waals surface area (Å²) in [5, 5.41) is 19.2. The zero-order valence-corrected chi connectivity index (χ0v) is 22.0. The highest BCUT2D eigenvalue weighted by atomic mass is 35.5. The van der Waals surface area contributed by atoms with Gasteiger partial charge in [-0.3, -0.25) is 5.32 Å². The maximum Gasteiger partial charge on any atom is 0.331 e. The molecular weight excluding hydrogens is 529 g/mol. The molecular formula is C26H21Cl2N7O3. The van der Waals surface area contributed by atoms with Crippen molar-refractivity contribution in [3.05, 3.63) is 58.7 Å². The number of nitrogens with zero attached hydrogens (tertiary/aromatic N) is 4. The normalized spacial score (nSPS) is 14.2. The summed E-state index contributed by atoms with van der Waals surface area (Å²) >= 11 is 13.0. The summed E-state index contributed by atoms with van der Waals surface area (Å²) in [6, 6.07) is 13.5. The van der Waals surface area contributed by atoms with E-state index in [9.17, 15) is 4.79 Å². The first kappa shape index (κ1) is 25.3. The highest BCUT2D eigenvalue weighted by Crippen LogP contribution is 2.40. The Morgan fingerprint density at radius 1 is 1.05 bits per heavy atom. The molecule has 4 aromatic rings. The highest BCUT2D eigenvalue weighted by molar-refractivity contribution is 6.39. The average molecular weight is 550 g/mol. The fraction of sp³-hybridized carbons (Fsp3) is 0.192. The van der Waals surface area contributed by atoms with E-state index in [1.54, 1.807) is 48.7 Å². The van der Waals surface area contributed by atoms with E-state index in [2.05, 4.69) is 30.9 Å². The molecule has 2 amide bonds. The van der Waals surface area contributed by atoms with Crippen LogP contribution in [0.2, 0.25) is 10.0 Å². The molecule has 38 heavy (non-hydrogen) atoms. The van der Waals surface area contributed by atoms with E-state index in [0.29, 0.717) is 49.4 Å². The Morgan fingerprint density at radius 2 is 1.79 bits per heavy atom. The van der Waals surface area contributed by atoms with Crippen molar-refractivity contribution in [1.82, 2.24) is 20.3 Å². The SMILES string of the molecule is CC(C)(C)NC(=O)Nc1nc2nc(Nc3ccc4c(c3)OC(C#N)O4)ncc2cc1-c1c(Cl)cccc1Cl. The highest BCUT2D eigenvalue weighted by Gasteiger charge is 2.24. The van der Waals surface area contributed by atoms with Gasteiger partial charge >= 0.3 is 12.3 Å². The lowest BCUT2D eigenvalue weighted by Gasteiger charge is -2.21. The van der Waals surface area contributed by atoms with Gasteiger partial charge in [-0.1, -0.05) is 29.3 Å². The molecule has 2 aromatic heterocycles. The standard InChI is InChI=1S/C26H21Cl2N7O3/c1-26(2,3)35-25(36)34-23-15(21-16(27)5-4-6-17(21)28)9-13-12-30-24(33-22(13)32-23)31-14-7-8-18-19(10-14)38-20(11-29)37-18/h4-10,12,20H,1-3H3,(H3,30,31,32,33,34,35,36). The number of nitrogens with one attached hydrogen (secondary N) is 3. The second kappa shape index (κ2) is 9.85. The van der Waals surface area contributed by atoms with Crippen molar-refractivity contribution in [2.24, 2.45) is 0 Å². The van der Waals surface area contributed by atoms with Gasteiger partial charge in [0.15, 0.2) is 23.2 Å². The van der Waals surface area contributed by atoms with Crippen LogP contribution in [-0.2, 0) is 0 Å². The minimum Gasteiger partial charge on any atom is -0.439 e. The predicted octanol–water partition coefficient (Wildman–Crippen LogP) is 6.28. The van der Waals surface area contributed by atoms with Crippen molar-refractivity contribution < 1.29 is 14.3 Å². The number of anilines is 3. The number of ether oxygens (including phenoxy) is 2. The van der Waals surface area contributed by atoms with Crippen molar-refractivity contribution in [3.8, 4) is 28.7 Å². The van der Waals surface area contributed by atoms with Crippen LogP contribution in [0.25, 0.3) is 22.2 Å². The van der Waals surface area contributed by atoms with Crippen molar-refractivity contribution in [2.45, 2.75) is 32.6 Å². The molecule has 0 fully saturated rings. The third kappa shape index (κ3) is 5.34. The number of carbonyl (C=O) groups is 1. The summed E-state index contributed by atoms with van der Waals surface area (Å²) < 4.78 is 10.8. The minimum absolute atomic E-state index is 0.226. The van der Waals surface area contributed by atoms with E-state index < -0.39 is 17.9 Å². The van der Waals surface area contributed by atoms with Crippen molar-refractivity contribution in [1.29, 1.82) is 5.26 Å². The number of pyridine rings is 1. The van der Waals surface area contributed by atoms with Gasteiger partial charge in [0, 0.05) is 40.0 Å². The molecule has 0 radical (unpaired) electrons. The number of aromatic nitrogens is 3. The lowest BCUT2D eigenvalue weighted by molar-refractivity contribution is 0.102. The molecule has 1 aliphatic rings. The number of rotatable bonds is 4. The predicted molar refractivity (Wildman–Crippen MR) is 145 cm³/mol. The van der Waals surface area contributed by atoms with Crippen LogP contribution in [0.5, 0.6) is 11.5 Å². The van der Waals surface area contributed by atoms with Crippen LogP contribution in [0.3, 0.4) is 0 Å². The Balaban J connectivity index is 1.52. The molecule has 1 unspecified atom stereocenters. The molecule has 3 heterocycles. The van der Waals surface area contributed by atoms with Crippen molar-refractivity contribution >= 4 is 57.7 Å². The summed E-state index contributed by atoms with van der Waals surface area (Å²) in [6.07, 6.45) is 0.618. The second-order valence-electron chi connectivity index (χ2n) is 9.40. The van der Waals surface area contributed by atoms with Crippen LogP contribution >= 0.6 is 23.2 Å². The minimum atomic E-state index is -0.983. The zero-order valence-electron chi connectivity index (χ0n) is 20.5. The van der Waals surface area contributed by atoms with E-state index in [1.165, 1.54) is 0 Å². The third-order valence-corrected chi connectivity index (χ3v) is 5.92. The first-order valence-corrected chi connectivity index (χ1v) is 12.2. The number of amides is 2. The Hall–Kier alpha value is -4.33. The lowest BCUT2D eigenvalue weighted by Crippen LogP contribution is -2.43. The van der Waals surface area contributed by atoms with Crippen LogP contribution in [0.15, 0.2) is 48.7 Å². The number of benzene rings is 2. The Labute approximate surface area is 227 Å². The molecule has 5 rings (SSSR count). The van der Waals surface area contributed by atoms with Gasteiger partial charge in [-0.05, 0) is 51.1 Å². The Morgan fingerprint density at radius 3 is 2.50 bits per heavy atom. The molecule has 0 aliphatic carbocycles. The van der Waals surface area contributed by atoms with Gasteiger partial charge in [-0.2, -0.15) is 10.2 Å². The molecule has 3 N–H and O–H groups in total. The number of hydrogen-bond donors (Lipinski definition) is 3. The Kier molecular flexibility index (Phi) is 6.57. The number of hydrogen-bond acceptors (Lipinski definition) is 8. The molecule has 1 atom stereocenters. The lowest BCUT2D eigenvalue weighted by atomic mass is 10.0. The van der Waals surface area contributed by atoms with Crippen molar-refractivity contribution in [2.75, 3.05) is 10.6 Å². The van der Waals surface area contributed by atoms with Gasteiger partial charge in [-0.15, -0.1) is 0 Å². The first-order chi connectivity index (χ1) is 18.1. The molecule has 12 heteroatoms. The van der Waals surface area contributed by atoms with E-state index in [4.69, 9.17) is 37.9 Å². The topological polar surface area (TPSA) is 134 Å². The van der Waals surface area contributed by atoms with Crippen molar-refractivity contribution in [3.63, 3.8) is 0 Å². The van der Waals surface area contributed by atoms with Crippen LogP contribution in [0, 0.1) is 11.3 Å². The fourth-order valence-electron chi connectivity index (χ4n) is 3.76. The van der Waals surface area contributed by atoms with Gasteiger partial charge < -0.3 is 20.1 Å². The number of urea groups is 1. The monoisotopic (exact) mass is 549 g/mol. The van der Waals surface area contributed by atoms with Crippen LogP contribution in [-0.4, -0.2) is 32.8 Å². The smallest absolute Gasteiger partial charge is 0.331 e. The summed E-state index contributed by atoms with van der Waals surface area (Å²) in [5.74, 6) is 1.38. The van der Waals surface area contributed by atoms with Gasteiger partial charge in [-0.25, -0.2) is 14.8 Å². The summed E-state index contributed by atoms with van der Waals surface area (Å²) in [5.41, 5.74) is 1.51. The van der Waals surface area contributed by atoms with E-state index in [-0.39, 0.29) is 11.8 Å². The fourth-order valence-corrected chi connectivity index (χ4v) is 4.36. The quantitative estimate of drug-likeness (QED) is 0.270. The molecule has 0 spiro atoms. The Bertz CT molecular complexity index is 1600. The molecule has 192 valence electrons. The maximum absolute atomic E-state index is 12.7. The van der Waals surface area contributed by atoms with Gasteiger partial charge in [0.25, 0.3) is 0 Å². The summed E-state index contributed by atoms with van der Waals surface area (Å²) in [4.78, 5) is 26.3. The van der Waals surface area contributed by atoms with Gasteiger partial charge in [0.1, 0.15) is 5.82 Å². The number of carbonyl (C=O) groups excluding carboxylic acids is 1. The molecule has 10 nitrogen and oxygen atoms in total. The summed E-state index contributed by atoms with van der Waals surface area (Å²) in [6.45, 7) is 5.61. The number of halogens is 2. The second-order valence-corrected chi connectivity index (χ2v) is 10.2. The van der Waals surface area contributed by atoms with E-state index in [1.807, 2.05) is 26.8 Å². The zero-order chi connectivity index (χ0) is 27.0. The van der Waals surface area contributed by atoms with E-state index >= 15 is 0 Å². The largest absolute Gasteiger partial charge is 0.439 e. The maximum atomic E-state index is 12.7. The molecule has 0 saturated carbocycles. The van der Waals surface area contributed by atoms with E-state index in [0.717, 1.165) is 0 Å². The third-order valence-electron chi connectivity index (χ3n) is 5.29. The number of fused-ring (bicyclic) bond motifs is 2. The molecule has 2 aromatic carbocycles. The number of nitriles is 1. The van der Waals surface area contributed by atoms with Gasteiger partial charge in [0.05, 0.1) is 10.0 Å². The molecule has 0 bridgehead atoms.